The molecular formula is C20H20BrN5O2S. The van der Waals surface area contributed by atoms with Gasteiger partial charge >= 0.3 is 0 Å². The first-order chi connectivity index (χ1) is 14.0. The van der Waals surface area contributed by atoms with E-state index in [4.69, 9.17) is 0 Å². The van der Waals surface area contributed by atoms with Crippen LogP contribution in [0.15, 0.2) is 64.2 Å². The maximum atomic E-state index is 12.1. The molecule has 0 unspecified atom stereocenters. The summed E-state index contributed by atoms with van der Waals surface area (Å²) in [4.78, 5) is 24.2. The van der Waals surface area contributed by atoms with Crippen molar-refractivity contribution in [1.29, 1.82) is 0 Å². The standard InChI is InChI=1S/C20H20BrN5O2S/c1-26-17(12-22-18(27)11-14-5-3-2-4-6-14)24-25-20(26)29-13-19(28)23-16-9-7-15(21)8-10-16/h2-10H,11-13H2,1H3,(H,22,27)(H,23,28). The predicted molar refractivity (Wildman–Crippen MR) is 116 cm³/mol. The molecule has 1 heterocycles. The summed E-state index contributed by atoms with van der Waals surface area (Å²) < 4.78 is 2.73. The third-order valence-corrected chi connectivity index (χ3v) is 5.59. The fourth-order valence-corrected chi connectivity index (χ4v) is 3.50. The number of nitrogens with one attached hydrogen (secondary N) is 2. The molecule has 0 saturated carbocycles. The van der Waals surface area contributed by atoms with E-state index in [1.165, 1.54) is 11.8 Å². The molecule has 0 saturated heterocycles. The molecule has 29 heavy (non-hydrogen) atoms. The number of aromatic nitrogens is 3. The second-order valence-corrected chi connectivity index (χ2v) is 8.10. The highest BCUT2D eigenvalue weighted by Crippen LogP contribution is 2.17. The zero-order valence-corrected chi connectivity index (χ0v) is 18.2. The minimum Gasteiger partial charge on any atom is -0.349 e. The zero-order chi connectivity index (χ0) is 20.6. The number of rotatable bonds is 8. The number of amides is 2. The normalized spacial score (nSPS) is 10.6. The molecule has 3 aromatic rings. The van der Waals surface area contributed by atoms with Gasteiger partial charge in [-0.1, -0.05) is 58.0 Å². The Morgan fingerprint density at radius 2 is 1.76 bits per heavy atom. The first-order valence-electron chi connectivity index (χ1n) is 8.88. The van der Waals surface area contributed by atoms with E-state index in [9.17, 15) is 9.59 Å². The van der Waals surface area contributed by atoms with Crippen molar-refractivity contribution in [2.24, 2.45) is 7.05 Å². The molecule has 0 atom stereocenters. The Labute approximate surface area is 181 Å². The molecule has 0 radical (unpaired) electrons. The van der Waals surface area contributed by atoms with Gasteiger partial charge < -0.3 is 15.2 Å². The Bertz CT molecular complexity index is 976. The Morgan fingerprint density at radius 1 is 1.03 bits per heavy atom. The molecule has 7 nitrogen and oxygen atoms in total. The molecule has 2 N–H and O–H groups in total. The second kappa shape index (κ2) is 10.2. The number of thioether (sulfide) groups is 1. The van der Waals surface area contributed by atoms with Gasteiger partial charge in [0.25, 0.3) is 0 Å². The molecule has 150 valence electrons. The summed E-state index contributed by atoms with van der Waals surface area (Å²) in [5, 5.41) is 14.5. The summed E-state index contributed by atoms with van der Waals surface area (Å²) in [6.07, 6.45) is 0.316. The Hall–Kier alpha value is -2.65. The second-order valence-electron chi connectivity index (χ2n) is 6.24. The lowest BCUT2D eigenvalue weighted by atomic mass is 10.1. The van der Waals surface area contributed by atoms with Gasteiger partial charge in [0.1, 0.15) is 0 Å². The van der Waals surface area contributed by atoms with Crippen molar-refractivity contribution in [2.45, 2.75) is 18.1 Å². The lowest BCUT2D eigenvalue weighted by molar-refractivity contribution is -0.120. The fraction of sp³-hybridized carbons (Fsp3) is 0.200. The van der Waals surface area contributed by atoms with Gasteiger partial charge in [-0.05, 0) is 29.8 Å². The number of hydrogen-bond donors (Lipinski definition) is 2. The molecule has 0 aliphatic carbocycles. The van der Waals surface area contributed by atoms with Gasteiger partial charge in [-0.25, -0.2) is 0 Å². The third-order valence-electron chi connectivity index (χ3n) is 4.04. The number of carbonyl (C=O) groups excluding carboxylic acids is 2. The topological polar surface area (TPSA) is 88.9 Å². The number of carbonyl (C=O) groups is 2. The van der Waals surface area contributed by atoms with Gasteiger partial charge in [-0.15, -0.1) is 10.2 Å². The first kappa shape index (κ1) is 21.1. The summed E-state index contributed by atoms with van der Waals surface area (Å²) in [7, 11) is 1.81. The molecule has 0 fully saturated rings. The highest BCUT2D eigenvalue weighted by Gasteiger charge is 2.13. The van der Waals surface area contributed by atoms with Crippen molar-refractivity contribution in [3.63, 3.8) is 0 Å². The van der Waals surface area contributed by atoms with Crippen molar-refractivity contribution in [3.8, 4) is 0 Å². The maximum Gasteiger partial charge on any atom is 0.234 e. The molecule has 0 aliphatic rings. The van der Waals surface area contributed by atoms with Gasteiger partial charge in [0, 0.05) is 17.2 Å². The Balaban J connectivity index is 1.46. The van der Waals surface area contributed by atoms with Crippen LogP contribution in [-0.2, 0) is 29.6 Å². The van der Waals surface area contributed by atoms with Gasteiger partial charge in [-0.3, -0.25) is 9.59 Å². The lowest BCUT2D eigenvalue weighted by Crippen LogP contribution is -2.26. The van der Waals surface area contributed by atoms with Crippen molar-refractivity contribution in [1.82, 2.24) is 20.1 Å². The van der Waals surface area contributed by atoms with Crippen LogP contribution < -0.4 is 10.6 Å². The molecule has 1 aromatic heterocycles. The molecule has 9 heteroatoms. The van der Waals surface area contributed by atoms with Crippen molar-refractivity contribution in [3.05, 3.63) is 70.5 Å². The van der Waals surface area contributed by atoms with Crippen LogP contribution in [0, 0.1) is 0 Å². The number of benzene rings is 2. The van der Waals surface area contributed by atoms with E-state index < -0.39 is 0 Å². The highest BCUT2D eigenvalue weighted by atomic mass is 79.9. The van der Waals surface area contributed by atoms with Crippen LogP contribution in [0.25, 0.3) is 0 Å². The molecule has 2 amide bonds. The average Bonchev–Trinajstić information content (AvgIpc) is 3.07. The van der Waals surface area contributed by atoms with Crippen LogP contribution in [0.1, 0.15) is 11.4 Å². The summed E-state index contributed by atoms with van der Waals surface area (Å²) in [6, 6.07) is 16.9. The third kappa shape index (κ3) is 6.43. The molecule has 3 rings (SSSR count). The summed E-state index contributed by atoms with van der Waals surface area (Å²) >= 11 is 4.65. The summed E-state index contributed by atoms with van der Waals surface area (Å²) in [6.45, 7) is 0.279. The maximum absolute atomic E-state index is 12.1. The van der Waals surface area contributed by atoms with Crippen LogP contribution in [0.5, 0.6) is 0 Å². The molecular weight excluding hydrogens is 454 g/mol. The van der Waals surface area contributed by atoms with Gasteiger partial charge in [0.15, 0.2) is 11.0 Å². The quantitative estimate of drug-likeness (QED) is 0.490. The summed E-state index contributed by atoms with van der Waals surface area (Å²) in [5.74, 6) is 0.630. The largest absolute Gasteiger partial charge is 0.349 e. The smallest absolute Gasteiger partial charge is 0.234 e. The Kier molecular flexibility index (Phi) is 7.42. The average molecular weight is 474 g/mol. The Morgan fingerprint density at radius 3 is 2.48 bits per heavy atom. The number of halogens is 1. The van der Waals surface area contributed by atoms with Crippen LogP contribution >= 0.6 is 27.7 Å². The van der Waals surface area contributed by atoms with Crippen molar-refractivity contribution < 1.29 is 9.59 Å². The number of anilines is 1. The van der Waals surface area contributed by atoms with E-state index in [2.05, 4.69) is 36.8 Å². The van der Waals surface area contributed by atoms with Crippen LogP contribution in [0.4, 0.5) is 5.69 Å². The lowest BCUT2D eigenvalue weighted by Gasteiger charge is -2.07. The van der Waals surface area contributed by atoms with Gasteiger partial charge in [-0.2, -0.15) is 0 Å². The predicted octanol–water partition coefficient (Wildman–Crippen LogP) is 3.17. The molecule has 0 spiro atoms. The van der Waals surface area contributed by atoms with Crippen LogP contribution in [0.2, 0.25) is 0 Å². The number of nitrogens with zero attached hydrogens (tertiary/aromatic N) is 3. The van der Waals surface area contributed by atoms with E-state index in [1.807, 2.05) is 61.6 Å². The first-order valence-corrected chi connectivity index (χ1v) is 10.7. The summed E-state index contributed by atoms with van der Waals surface area (Å²) in [5.41, 5.74) is 1.69. The van der Waals surface area contributed by atoms with Crippen molar-refractivity contribution in [2.75, 3.05) is 11.1 Å². The van der Waals surface area contributed by atoms with E-state index in [-0.39, 0.29) is 24.1 Å². The molecule has 2 aromatic carbocycles. The number of hydrogen-bond acceptors (Lipinski definition) is 5. The highest BCUT2D eigenvalue weighted by molar-refractivity contribution is 9.10. The minimum absolute atomic E-state index is 0.0812. The van der Waals surface area contributed by atoms with Crippen LogP contribution in [0.3, 0.4) is 0 Å². The van der Waals surface area contributed by atoms with Gasteiger partial charge in [0.2, 0.25) is 11.8 Å². The molecule has 0 aliphatic heterocycles. The van der Waals surface area contributed by atoms with Gasteiger partial charge in [0.05, 0.1) is 18.7 Å². The minimum atomic E-state index is -0.127. The van der Waals surface area contributed by atoms with E-state index in [0.29, 0.717) is 17.4 Å². The monoisotopic (exact) mass is 473 g/mol. The van der Waals surface area contributed by atoms with Crippen LogP contribution in [-0.4, -0.2) is 32.3 Å². The van der Waals surface area contributed by atoms with E-state index in [0.717, 1.165) is 15.7 Å². The molecule has 0 bridgehead atoms. The van der Waals surface area contributed by atoms with E-state index in [1.54, 1.807) is 4.57 Å². The fourth-order valence-electron chi connectivity index (χ4n) is 2.51. The SMILES string of the molecule is Cn1c(CNC(=O)Cc2ccccc2)nnc1SCC(=O)Nc1ccc(Br)cc1. The van der Waals surface area contributed by atoms with E-state index >= 15 is 0 Å². The van der Waals surface area contributed by atoms with Crippen molar-refractivity contribution >= 4 is 45.2 Å². The zero-order valence-electron chi connectivity index (χ0n) is 15.8.